The zero-order valence-corrected chi connectivity index (χ0v) is 16.5. The quantitative estimate of drug-likeness (QED) is 0.543. The first kappa shape index (κ1) is 19.2. The molecule has 0 bridgehead atoms. The minimum absolute atomic E-state index is 0.0494. The van der Waals surface area contributed by atoms with Crippen molar-refractivity contribution in [2.24, 2.45) is 16.1 Å². The van der Waals surface area contributed by atoms with Gasteiger partial charge in [-0.2, -0.15) is 5.10 Å². The molecule has 5 nitrogen and oxygen atoms in total. The molecule has 1 unspecified atom stereocenters. The number of carbonyl (C=O) groups is 1. The van der Waals surface area contributed by atoms with Gasteiger partial charge in [0.05, 0.1) is 16.6 Å². The van der Waals surface area contributed by atoms with Gasteiger partial charge in [-0.1, -0.05) is 62.0 Å². The Morgan fingerprint density at radius 2 is 1.74 bits per heavy atom. The number of amidine groups is 1. The topological polar surface area (TPSA) is 54.3 Å². The highest BCUT2D eigenvalue weighted by atomic mass is 32.2. The first-order valence-electron chi connectivity index (χ1n) is 8.91. The van der Waals surface area contributed by atoms with Crippen LogP contribution in [0, 0.1) is 5.92 Å². The summed E-state index contributed by atoms with van der Waals surface area (Å²) >= 11 is 1.46. The van der Waals surface area contributed by atoms with Crippen molar-refractivity contribution in [2.45, 2.75) is 26.0 Å². The molecule has 0 spiro atoms. The molecule has 1 heterocycles. The van der Waals surface area contributed by atoms with E-state index in [1.54, 1.807) is 4.90 Å². The SMILES string of the molecule is C/C(COc1ccccc1)=N\N=C1\SC(C(C)C)C(=O)N1c1ccccc1. The van der Waals surface area contributed by atoms with Crippen molar-refractivity contribution in [3.63, 3.8) is 0 Å². The van der Waals surface area contributed by atoms with Gasteiger partial charge in [-0.05, 0) is 37.1 Å². The van der Waals surface area contributed by atoms with Gasteiger partial charge >= 0.3 is 0 Å². The average molecular weight is 382 g/mol. The zero-order valence-electron chi connectivity index (χ0n) is 15.7. The van der Waals surface area contributed by atoms with Gasteiger partial charge in [0.15, 0.2) is 5.17 Å². The number of hydrogen-bond acceptors (Lipinski definition) is 5. The average Bonchev–Trinajstić information content (AvgIpc) is 3.02. The van der Waals surface area contributed by atoms with E-state index in [9.17, 15) is 4.79 Å². The van der Waals surface area contributed by atoms with Crippen LogP contribution in [0.2, 0.25) is 0 Å². The van der Waals surface area contributed by atoms with E-state index in [0.717, 1.165) is 17.1 Å². The summed E-state index contributed by atoms with van der Waals surface area (Å²) in [5.41, 5.74) is 1.55. The van der Waals surface area contributed by atoms with Crippen LogP contribution in [0.4, 0.5) is 5.69 Å². The molecule has 1 fully saturated rings. The van der Waals surface area contributed by atoms with E-state index in [0.29, 0.717) is 11.8 Å². The molecule has 0 aromatic heterocycles. The van der Waals surface area contributed by atoms with Crippen LogP contribution in [0.1, 0.15) is 20.8 Å². The lowest BCUT2D eigenvalue weighted by Crippen LogP contribution is -2.33. The Bertz CT molecular complexity index is 835. The van der Waals surface area contributed by atoms with E-state index in [2.05, 4.69) is 10.2 Å². The molecule has 2 aromatic rings. The van der Waals surface area contributed by atoms with Gasteiger partial charge in [0.25, 0.3) is 0 Å². The number of hydrogen-bond donors (Lipinski definition) is 0. The third-order valence-corrected chi connectivity index (χ3v) is 5.48. The second-order valence-electron chi connectivity index (χ2n) is 6.61. The van der Waals surface area contributed by atoms with Crippen molar-refractivity contribution in [2.75, 3.05) is 11.5 Å². The molecular formula is C21H23N3O2S. The Hall–Kier alpha value is -2.60. The molecule has 1 aliphatic heterocycles. The molecule has 1 aliphatic rings. The first-order chi connectivity index (χ1) is 13.1. The molecule has 6 heteroatoms. The maximum absolute atomic E-state index is 12.9. The van der Waals surface area contributed by atoms with Crippen LogP contribution in [0.25, 0.3) is 0 Å². The Balaban J connectivity index is 1.78. The highest BCUT2D eigenvalue weighted by molar-refractivity contribution is 8.16. The van der Waals surface area contributed by atoms with E-state index in [1.165, 1.54) is 11.8 Å². The summed E-state index contributed by atoms with van der Waals surface area (Å²) in [4.78, 5) is 14.5. The molecule has 0 saturated carbocycles. The lowest BCUT2D eigenvalue weighted by Gasteiger charge is -2.16. The first-order valence-corrected chi connectivity index (χ1v) is 9.79. The summed E-state index contributed by atoms with van der Waals surface area (Å²) in [5.74, 6) is 1.05. The fraction of sp³-hybridized carbons (Fsp3) is 0.286. The van der Waals surface area contributed by atoms with Gasteiger partial charge in [0, 0.05) is 0 Å². The predicted octanol–water partition coefficient (Wildman–Crippen LogP) is 4.60. The Morgan fingerprint density at radius 3 is 2.37 bits per heavy atom. The molecule has 1 saturated heterocycles. The Labute approximate surface area is 164 Å². The monoisotopic (exact) mass is 381 g/mol. The lowest BCUT2D eigenvalue weighted by molar-refractivity contribution is -0.117. The molecule has 0 aliphatic carbocycles. The van der Waals surface area contributed by atoms with Gasteiger partial charge in [-0.25, -0.2) is 0 Å². The van der Waals surface area contributed by atoms with Crippen molar-refractivity contribution in [3.05, 3.63) is 60.7 Å². The summed E-state index contributed by atoms with van der Waals surface area (Å²) in [6.45, 7) is 6.30. The fourth-order valence-electron chi connectivity index (χ4n) is 2.60. The van der Waals surface area contributed by atoms with Crippen molar-refractivity contribution >= 4 is 34.2 Å². The van der Waals surface area contributed by atoms with E-state index in [4.69, 9.17) is 4.74 Å². The second-order valence-corrected chi connectivity index (χ2v) is 7.72. The maximum Gasteiger partial charge on any atom is 0.247 e. The highest BCUT2D eigenvalue weighted by Gasteiger charge is 2.40. The number of carbonyl (C=O) groups excluding carboxylic acids is 1. The molecule has 140 valence electrons. The third kappa shape index (κ3) is 4.77. The number of nitrogens with zero attached hydrogens (tertiary/aromatic N) is 3. The summed E-state index contributed by atoms with van der Waals surface area (Å²) < 4.78 is 5.69. The minimum Gasteiger partial charge on any atom is -0.488 e. The number of para-hydroxylation sites is 2. The largest absolute Gasteiger partial charge is 0.488 e. The highest BCUT2D eigenvalue weighted by Crippen LogP contribution is 2.35. The van der Waals surface area contributed by atoms with E-state index in [-0.39, 0.29) is 17.1 Å². The van der Waals surface area contributed by atoms with E-state index >= 15 is 0 Å². The number of benzene rings is 2. The molecule has 1 atom stereocenters. The number of anilines is 1. The van der Waals surface area contributed by atoms with Crippen LogP contribution in [-0.4, -0.2) is 28.6 Å². The number of amides is 1. The van der Waals surface area contributed by atoms with Gasteiger partial charge < -0.3 is 4.74 Å². The number of rotatable bonds is 6. The zero-order chi connectivity index (χ0) is 19.2. The standard InChI is InChI=1S/C21H23N3O2S/c1-15(2)19-20(25)24(17-10-6-4-7-11-17)21(27-19)23-22-16(3)14-26-18-12-8-5-9-13-18/h4-13,15,19H,14H2,1-3H3/b22-16+,23-21+. The predicted molar refractivity (Wildman–Crippen MR) is 113 cm³/mol. The summed E-state index contributed by atoms with van der Waals surface area (Å²) in [6, 6.07) is 19.2. The van der Waals surface area contributed by atoms with Crippen molar-refractivity contribution in [1.82, 2.24) is 0 Å². The second kappa shape index (κ2) is 8.86. The van der Waals surface area contributed by atoms with Crippen LogP contribution in [-0.2, 0) is 4.79 Å². The molecule has 0 radical (unpaired) electrons. The minimum atomic E-state index is -0.153. The van der Waals surface area contributed by atoms with Gasteiger partial charge in [0.2, 0.25) is 5.91 Å². The molecule has 27 heavy (non-hydrogen) atoms. The third-order valence-electron chi connectivity index (χ3n) is 4.00. The van der Waals surface area contributed by atoms with Crippen LogP contribution in [0.3, 0.4) is 0 Å². The van der Waals surface area contributed by atoms with Crippen molar-refractivity contribution in [3.8, 4) is 5.75 Å². The molecule has 3 rings (SSSR count). The van der Waals surface area contributed by atoms with Crippen molar-refractivity contribution in [1.29, 1.82) is 0 Å². The van der Waals surface area contributed by atoms with Gasteiger partial charge in [-0.15, -0.1) is 5.10 Å². The van der Waals surface area contributed by atoms with E-state index in [1.807, 2.05) is 81.4 Å². The summed E-state index contributed by atoms with van der Waals surface area (Å²) in [5, 5.41) is 9.11. The van der Waals surface area contributed by atoms with Crippen molar-refractivity contribution < 1.29 is 9.53 Å². The molecular weight excluding hydrogens is 358 g/mol. The number of ether oxygens (including phenoxy) is 1. The maximum atomic E-state index is 12.9. The van der Waals surface area contributed by atoms with Gasteiger partial charge in [0.1, 0.15) is 12.4 Å². The summed E-state index contributed by atoms with van der Waals surface area (Å²) in [6.07, 6.45) is 0. The molecule has 0 N–H and O–H groups in total. The Kier molecular flexibility index (Phi) is 6.29. The fourth-order valence-corrected chi connectivity index (χ4v) is 3.70. The number of thioether (sulfide) groups is 1. The Morgan fingerprint density at radius 1 is 1.11 bits per heavy atom. The van der Waals surface area contributed by atoms with Gasteiger partial charge in [-0.3, -0.25) is 9.69 Å². The van der Waals surface area contributed by atoms with Crippen LogP contribution < -0.4 is 9.64 Å². The smallest absolute Gasteiger partial charge is 0.247 e. The normalized spacial score (nSPS) is 19.2. The van der Waals surface area contributed by atoms with Crippen LogP contribution >= 0.6 is 11.8 Å². The van der Waals surface area contributed by atoms with E-state index < -0.39 is 0 Å². The molecule has 1 amide bonds. The lowest BCUT2D eigenvalue weighted by atomic mass is 10.1. The van der Waals surface area contributed by atoms with Crippen LogP contribution in [0.5, 0.6) is 5.75 Å². The van der Waals surface area contributed by atoms with Crippen LogP contribution in [0.15, 0.2) is 70.9 Å². The summed E-state index contributed by atoms with van der Waals surface area (Å²) in [7, 11) is 0. The molecule has 2 aromatic carbocycles.